The fraction of sp³-hybridized carbons (Fsp3) is 0.0526. The van der Waals surface area contributed by atoms with Gasteiger partial charge in [-0.25, -0.2) is 18.5 Å². The average molecular weight is 452 g/mol. The number of amides is 1. The standard InChI is InChI=1S/C19H15Cl2N3O4S/c20-14-5-2-1-4-12(14)10-18(25)24-13-7-8-16(17(11-13)29(22,26)27)28-19-15(21)6-3-9-23-19/h1-9,11H,10H2,(H,24,25)(H2,22,26,27). The van der Waals surface area contributed by atoms with Gasteiger partial charge in [0.25, 0.3) is 0 Å². The summed E-state index contributed by atoms with van der Waals surface area (Å²) in [6, 6.07) is 14.1. The van der Waals surface area contributed by atoms with Crippen molar-refractivity contribution in [3.63, 3.8) is 0 Å². The largest absolute Gasteiger partial charge is 0.436 e. The van der Waals surface area contributed by atoms with Gasteiger partial charge < -0.3 is 10.1 Å². The monoisotopic (exact) mass is 451 g/mol. The van der Waals surface area contributed by atoms with Crippen molar-refractivity contribution in [3.8, 4) is 11.6 Å². The Bertz CT molecular complexity index is 1170. The van der Waals surface area contributed by atoms with Gasteiger partial charge in [-0.05, 0) is 42.0 Å². The van der Waals surface area contributed by atoms with Crippen molar-refractivity contribution in [2.75, 3.05) is 5.32 Å². The van der Waals surface area contributed by atoms with Gasteiger partial charge in [0.1, 0.15) is 15.7 Å². The van der Waals surface area contributed by atoms with Gasteiger partial charge in [-0.3, -0.25) is 4.79 Å². The van der Waals surface area contributed by atoms with Gasteiger partial charge in [-0.1, -0.05) is 41.4 Å². The molecule has 0 saturated carbocycles. The quantitative estimate of drug-likeness (QED) is 0.587. The van der Waals surface area contributed by atoms with Gasteiger partial charge in [0.15, 0.2) is 0 Å². The molecule has 1 aromatic heterocycles. The summed E-state index contributed by atoms with van der Waals surface area (Å²) >= 11 is 12.1. The van der Waals surface area contributed by atoms with E-state index in [0.29, 0.717) is 10.6 Å². The summed E-state index contributed by atoms with van der Waals surface area (Å²) in [4.78, 5) is 15.9. The topological polar surface area (TPSA) is 111 Å². The van der Waals surface area contributed by atoms with Crippen molar-refractivity contribution in [1.29, 1.82) is 0 Å². The summed E-state index contributed by atoms with van der Waals surface area (Å²) < 4.78 is 29.5. The van der Waals surface area contributed by atoms with Crippen LogP contribution in [-0.4, -0.2) is 19.3 Å². The molecule has 29 heavy (non-hydrogen) atoms. The number of anilines is 1. The number of sulfonamides is 1. The van der Waals surface area contributed by atoms with Crippen LogP contribution in [0, 0.1) is 0 Å². The molecule has 0 bridgehead atoms. The van der Waals surface area contributed by atoms with Crippen LogP contribution in [0.2, 0.25) is 10.0 Å². The maximum absolute atomic E-state index is 12.3. The minimum atomic E-state index is -4.16. The highest BCUT2D eigenvalue weighted by molar-refractivity contribution is 7.89. The third-order valence-corrected chi connectivity index (χ3v) is 5.36. The number of hydrogen-bond donors (Lipinski definition) is 2. The van der Waals surface area contributed by atoms with Gasteiger partial charge in [-0.2, -0.15) is 0 Å². The highest BCUT2D eigenvalue weighted by Gasteiger charge is 2.19. The minimum absolute atomic E-state index is 0.0200. The zero-order chi connectivity index (χ0) is 21.0. The molecule has 3 rings (SSSR count). The van der Waals surface area contributed by atoms with Crippen molar-refractivity contribution in [2.45, 2.75) is 11.3 Å². The molecule has 1 heterocycles. The Labute approximate surface area is 177 Å². The number of nitrogens with one attached hydrogen (secondary N) is 1. The van der Waals surface area contributed by atoms with Crippen LogP contribution in [0.3, 0.4) is 0 Å². The summed E-state index contributed by atoms with van der Waals surface area (Å²) in [5.74, 6) is -0.424. The molecule has 0 unspecified atom stereocenters. The molecule has 2 aromatic carbocycles. The van der Waals surface area contributed by atoms with Gasteiger partial charge >= 0.3 is 0 Å². The fourth-order valence-electron chi connectivity index (χ4n) is 2.46. The maximum Gasteiger partial charge on any atom is 0.241 e. The van der Waals surface area contributed by atoms with Gasteiger partial charge in [0, 0.05) is 16.9 Å². The smallest absolute Gasteiger partial charge is 0.241 e. The third-order valence-electron chi connectivity index (χ3n) is 3.77. The van der Waals surface area contributed by atoms with E-state index in [4.69, 9.17) is 33.1 Å². The molecule has 1 amide bonds. The number of nitrogens with two attached hydrogens (primary N) is 1. The summed E-state index contributed by atoms with van der Waals surface area (Å²) in [7, 11) is -4.16. The normalized spacial score (nSPS) is 11.1. The number of ether oxygens (including phenoxy) is 1. The van der Waals surface area contributed by atoms with E-state index < -0.39 is 10.0 Å². The second-order valence-electron chi connectivity index (χ2n) is 5.92. The summed E-state index contributed by atoms with van der Waals surface area (Å²) in [6.45, 7) is 0. The first kappa shape index (κ1) is 21.1. The molecule has 0 spiro atoms. The molecule has 3 N–H and O–H groups in total. The van der Waals surface area contributed by atoms with E-state index in [1.54, 1.807) is 36.4 Å². The minimum Gasteiger partial charge on any atom is -0.436 e. The van der Waals surface area contributed by atoms with E-state index in [-0.39, 0.29) is 39.6 Å². The SMILES string of the molecule is NS(=O)(=O)c1cc(NC(=O)Cc2ccccc2Cl)ccc1Oc1ncccc1Cl. The van der Waals surface area contributed by atoms with E-state index >= 15 is 0 Å². The van der Waals surface area contributed by atoms with Crippen LogP contribution in [0.15, 0.2) is 65.7 Å². The predicted molar refractivity (Wildman–Crippen MR) is 111 cm³/mol. The van der Waals surface area contributed by atoms with Crippen LogP contribution in [0.25, 0.3) is 0 Å². The molecule has 0 saturated heterocycles. The fourth-order valence-corrected chi connectivity index (χ4v) is 3.51. The van der Waals surface area contributed by atoms with Crippen LogP contribution >= 0.6 is 23.2 Å². The van der Waals surface area contributed by atoms with Gasteiger partial charge in [0.05, 0.1) is 6.42 Å². The molecule has 150 valence electrons. The number of halogens is 2. The molecule has 0 fully saturated rings. The molecule has 0 aliphatic rings. The Morgan fingerprint density at radius 2 is 1.79 bits per heavy atom. The molecule has 7 nitrogen and oxygen atoms in total. The predicted octanol–water partition coefficient (Wildman–Crippen LogP) is 4.01. The number of aromatic nitrogens is 1. The van der Waals surface area contributed by atoms with E-state index in [9.17, 15) is 13.2 Å². The molecule has 0 atom stereocenters. The molecule has 10 heteroatoms. The Hall–Kier alpha value is -2.65. The number of carbonyl (C=O) groups is 1. The third kappa shape index (κ3) is 5.45. The zero-order valence-electron chi connectivity index (χ0n) is 14.8. The number of benzene rings is 2. The second-order valence-corrected chi connectivity index (χ2v) is 8.26. The number of pyridine rings is 1. The number of nitrogens with zero attached hydrogens (tertiary/aromatic N) is 1. The van der Waals surface area contributed by atoms with Crippen LogP contribution in [0.1, 0.15) is 5.56 Å². The lowest BCUT2D eigenvalue weighted by atomic mass is 10.1. The van der Waals surface area contributed by atoms with Gasteiger partial charge in [0.2, 0.25) is 21.8 Å². The lowest BCUT2D eigenvalue weighted by molar-refractivity contribution is -0.115. The van der Waals surface area contributed by atoms with E-state index in [1.807, 2.05) is 0 Å². The van der Waals surface area contributed by atoms with E-state index in [2.05, 4.69) is 10.3 Å². The van der Waals surface area contributed by atoms with E-state index in [0.717, 1.165) is 0 Å². The molecular formula is C19H15Cl2N3O4S. The van der Waals surface area contributed by atoms with Crippen LogP contribution in [0.4, 0.5) is 5.69 Å². The Balaban J connectivity index is 1.85. The number of rotatable bonds is 6. The Kier molecular flexibility index (Phi) is 6.39. The van der Waals surface area contributed by atoms with Gasteiger partial charge in [-0.15, -0.1) is 0 Å². The summed E-state index contributed by atoms with van der Waals surface area (Å²) in [5.41, 5.74) is 0.869. The number of carbonyl (C=O) groups excluding carboxylic acids is 1. The summed E-state index contributed by atoms with van der Waals surface area (Å²) in [5, 5.41) is 8.58. The van der Waals surface area contributed by atoms with Crippen molar-refractivity contribution in [3.05, 3.63) is 76.4 Å². The summed E-state index contributed by atoms with van der Waals surface area (Å²) in [6.07, 6.45) is 1.47. The first-order chi connectivity index (χ1) is 13.7. The number of hydrogen-bond acceptors (Lipinski definition) is 5. The lowest BCUT2D eigenvalue weighted by Crippen LogP contribution is -2.17. The van der Waals surface area contributed by atoms with Crippen molar-refractivity contribution < 1.29 is 17.9 Å². The highest BCUT2D eigenvalue weighted by atomic mass is 35.5. The molecule has 0 radical (unpaired) electrons. The highest BCUT2D eigenvalue weighted by Crippen LogP contribution is 2.32. The number of primary sulfonamides is 1. The molecule has 0 aliphatic carbocycles. The van der Waals surface area contributed by atoms with Crippen molar-refractivity contribution in [1.82, 2.24) is 4.98 Å². The molecule has 3 aromatic rings. The molecular weight excluding hydrogens is 437 g/mol. The first-order valence-electron chi connectivity index (χ1n) is 8.22. The second kappa shape index (κ2) is 8.79. The van der Waals surface area contributed by atoms with Crippen molar-refractivity contribution in [2.24, 2.45) is 5.14 Å². The Morgan fingerprint density at radius 3 is 2.48 bits per heavy atom. The zero-order valence-corrected chi connectivity index (χ0v) is 17.1. The maximum atomic E-state index is 12.3. The average Bonchev–Trinajstić information content (AvgIpc) is 2.66. The van der Waals surface area contributed by atoms with Crippen LogP contribution < -0.4 is 15.2 Å². The lowest BCUT2D eigenvalue weighted by Gasteiger charge is -2.12. The van der Waals surface area contributed by atoms with Crippen LogP contribution in [0.5, 0.6) is 11.6 Å². The Morgan fingerprint density at radius 1 is 1.07 bits per heavy atom. The van der Waals surface area contributed by atoms with Crippen molar-refractivity contribution >= 4 is 44.8 Å². The van der Waals surface area contributed by atoms with Crippen LogP contribution in [-0.2, 0) is 21.2 Å². The molecule has 0 aliphatic heterocycles. The van der Waals surface area contributed by atoms with E-state index in [1.165, 1.54) is 24.4 Å². The first-order valence-corrected chi connectivity index (χ1v) is 10.5.